The summed E-state index contributed by atoms with van der Waals surface area (Å²) >= 11 is 0. The van der Waals surface area contributed by atoms with Crippen molar-refractivity contribution in [3.8, 4) is 0 Å². The van der Waals surface area contributed by atoms with Crippen molar-refractivity contribution in [1.29, 1.82) is 0 Å². The van der Waals surface area contributed by atoms with Gasteiger partial charge in [-0.15, -0.1) is 24.0 Å². The van der Waals surface area contributed by atoms with E-state index < -0.39 is 0 Å². The van der Waals surface area contributed by atoms with E-state index in [0.717, 1.165) is 57.7 Å². The molecule has 0 radical (unpaired) electrons. The van der Waals surface area contributed by atoms with Crippen LogP contribution in [0.5, 0.6) is 0 Å². The van der Waals surface area contributed by atoms with Gasteiger partial charge in [-0.05, 0) is 32.6 Å². The molecule has 1 aliphatic heterocycles. The Bertz CT molecular complexity index is 468. The molecule has 0 aromatic rings. The molecule has 0 aromatic heterocycles. The number of amides is 1. The summed E-state index contributed by atoms with van der Waals surface area (Å²) in [5, 5.41) is 17.2. The van der Waals surface area contributed by atoms with Crippen LogP contribution in [-0.2, 0) is 4.79 Å². The number of halogens is 1. The lowest BCUT2D eigenvalue weighted by molar-refractivity contribution is -0.119. The number of carbonyl (C=O) groups excluding carboxylic acids is 1. The number of carbonyl (C=O) groups is 1. The molecule has 2 unspecified atom stereocenters. The zero-order valence-corrected chi connectivity index (χ0v) is 18.5. The summed E-state index contributed by atoms with van der Waals surface area (Å²) in [7, 11) is 0. The van der Waals surface area contributed by atoms with E-state index in [1.165, 1.54) is 6.42 Å². The quantitative estimate of drug-likeness (QED) is 0.258. The molecule has 8 heteroatoms. The second kappa shape index (κ2) is 11.3. The number of likely N-dealkylation sites (tertiary alicyclic amines) is 1. The number of aliphatic imine (C=N–C) groups is 1. The fourth-order valence-corrected chi connectivity index (χ4v) is 3.79. The number of aliphatic hydroxyl groups is 1. The minimum absolute atomic E-state index is 0. The molecule has 0 aromatic carbocycles. The normalized spacial score (nSPS) is 28.3. The van der Waals surface area contributed by atoms with E-state index in [1.54, 1.807) is 0 Å². The maximum atomic E-state index is 11.0. The molecule has 7 nitrogen and oxygen atoms in total. The third-order valence-corrected chi connectivity index (χ3v) is 5.53. The minimum atomic E-state index is -0.263. The Kier molecular flexibility index (Phi) is 10.2. The van der Waals surface area contributed by atoms with E-state index in [2.05, 4.69) is 29.4 Å². The number of guanidine groups is 1. The average Bonchev–Trinajstić information content (AvgIpc) is 2.57. The molecular weight excluding hydrogens is 445 g/mol. The first-order valence-electron chi connectivity index (χ1n) is 9.66. The van der Waals surface area contributed by atoms with Crippen LogP contribution in [0.3, 0.4) is 0 Å². The lowest BCUT2D eigenvalue weighted by Crippen LogP contribution is -2.50. The van der Waals surface area contributed by atoms with Crippen LogP contribution in [0.25, 0.3) is 0 Å². The van der Waals surface area contributed by atoms with E-state index >= 15 is 0 Å². The number of primary amides is 1. The fraction of sp³-hybridized carbons (Fsp3) is 0.889. The molecule has 1 saturated heterocycles. The zero-order valence-electron chi connectivity index (χ0n) is 16.2. The van der Waals surface area contributed by atoms with Crippen molar-refractivity contribution in [3.05, 3.63) is 0 Å². The van der Waals surface area contributed by atoms with Gasteiger partial charge in [-0.2, -0.15) is 0 Å². The van der Waals surface area contributed by atoms with Crippen LogP contribution in [0.15, 0.2) is 4.99 Å². The van der Waals surface area contributed by atoms with Gasteiger partial charge in [0.25, 0.3) is 0 Å². The van der Waals surface area contributed by atoms with Crippen molar-refractivity contribution in [2.45, 2.75) is 64.5 Å². The lowest BCUT2D eigenvalue weighted by Gasteiger charge is -2.37. The van der Waals surface area contributed by atoms with Crippen molar-refractivity contribution in [1.82, 2.24) is 15.5 Å². The first kappa shape index (κ1) is 23.4. The number of rotatable bonds is 6. The molecular formula is C18H36IN5O2. The summed E-state index contributed by atoms with van der Waals surface area (Å²) in [6, 6.07) is 0.353. The predicted molar refractivity (Wildman–Crippen MR) is 116 cm³/mol. The first-order chi connectivity index (χ1) is 11.9. The summed E-state index contributed by atoms with van der Waals surface area (Å²) in [6.45, 7) is 7.75. The highest BCUT2D eigenvalue weighted by molar-refractivity contribution is 14.0. The van der Waals surface area contributed by atoms with Crippen LogP contribution in [0, 0.1) is 5.41 Å². The highest BCUT2D eigenvalue weighted by Gasteiger charge is 2.35. The molecule has 1 amide bonds. The monoisotopic (exact) mass is 481 g/mol. The lowest BCUT2D eigenvalue weighted by atomic mass is 9.73. The van der Waals surface area contributed by atoms with Crippen molar-refractivity contribution in [2.24, 2.45) is 16.1 Å². The Morgan fingerprint density at radius 3 is 2.58 bits per heavy atom. The van der Waals surface area contributed by atoms with Crippen molar-refractivity contribution < 1.29 is 9.90 Å². The molecule has 0 spiro atoms. The van der Waals surface area contributed by atoms with Gasteiger partial charge in [0.1, 0.15) is 0 Å². The molecule has 2 atom stereocenters. The number of aliphatic hydroxyl groups excluding tert-OH is 1. The van der Waals surface area contributed by atoms with Gasteiger partial charge in [0, 0.05) is 31.1 Å². The number of piperidine rings is 1. The predicted octanol–water partition coefficient (Wildman–Crippen LogP) is 1.05. The van der Waals surface area contributed by atoms with Gasteiger partial charge in [-0.3, -0.25) is 14.7 Å². The number of nitrogens with one attached hydrogen (secondary N) is 2. The molecule has 5 N–H and O–H groups in total. The molecule has 2 rings (SSSR count). The largest absolute Gasteiger partial charge is 0.392 e. The Balaban J connectivity index is 0.00000338. The summed E-state index contributed by atoms with van der Waals surface area (Å²) in [5.74, 6) is 0.565. The van der Waals surface area contributed by atoms with Crippen LogP contribution in [0.1, 0.15) is 52.4 Å². The maximum Gasteiger partial charge on any atom is 0.231 e. The van der Waals surface area contributed by atoms with Gasteiger partial charge < -0.3 is 21.5 Å². The van der Waals surface area contributed by atoms with Crippen LogP contribution >= 0.6 is 24.0 Å². The van der Waals surface area contributed by atoms with E-state index in [9.17, 15) is 9.90 Å². The van der Waals surface area contributed by atoms with Crippen molar-refractivity contribution in [2.75, 3.05) is 32.7 Å². The van der Waals surface area contributed by atoms with Gasteiger partial charge >= 0.3 is 0 Å². The van der Waals surface area contributed by atoms with Gasteiger partial charge in [-0.1, -0.05) is 19.8 Å². The van der Waals surface area contributed by atoms with Gasteiger partial charge in [0.05, 0.1) is 19.2 Å². The van der Waals surface area contributed by atoms with E-state index in [0.29, 0.717) is 19.1 Å². The second-order valence-electron chi connectivity index (χ2n) is 7.77. The molecule has 26 heavy (non-hydrogen) atoms. The highest BCUT2D eigenvalue weighted by atomic mass is 127. The molecule has 2 fully saturated rings. The Morgan fingerprint density at radius 1 is 1.31 bits per heavy atom. The number of nitrogens with zero attached hydrogens (tertiary/aromatic N) is 2. The Morgan fingerprint density at radius 2 is 2.00 bits per heavy atom. The third-order valence-electron chi connectivity index (χ3n) is 5.53. The maximum absolute atomic E-state index is 11.0. The van der Waals surface area contributed by atoms with Gasteiger partial charge in [-0.25, -0.2) is 0 Å². The minimum Gasteiger partial charge on any atom is -0.392 e. The van der Waals surface area contributed by atoms with Crippen LogP contribution in [0.4, 0.5) is 0 Å². The number of hydrogen-bond donors (Lipinski definition) is 4. The summed E-state index contributed by atoms with van der Waals surface area (Å²) < 4.78 is 0. The molecule has 1 saturated carbocycles. The van der Waals surface area contributed by atoms with Crippen molar-refractivity contribution in [3.63, 3.8) is 0 Å². The molecule has 2 aliphatic rings. The highest BCUT2D eigenvalue weighted by Crippen LogP contribution is 2.36. The SMILES string of the molecule is CCNC(=NCC1(C)CCCCC1O)NC1CCN(CC(N)=O)CC1.I. The summed E-state index contributed by atoms with van der Waals surface area (Å²) in [6.07, 6.45) is 5.88. The molecule has 1 heterocycles. The smallest absolute Gasteiger partial charge is 0.231 e. The van der Waals surface area contributed by atoms with Crippen LogP contribution < -0.4 is 16.4 Å². The molecule has 0 bridgehead atoms. The number of nitrogens with two attached hydrogens (primary N) is 1. The molecule has 1 aliphatic carbocycles. The second-order valence-corrected chi connectivity index (χ2v) is 7.77. The van der Waals surface area contributed by atoms with Crippen LogP contribution in [-0.4, -0.2) is 66.7 Å². The van der Waals surface area contributed by atoms with E-state index in [1.807, 2.05) is 0 Å². The Labute approximate surface area is 174 Å². The Hall–Kier alpha value is -0.610. The number of hydrogen-bond acceptors (Lipinski definition) is 4. The zero-order chi connectivity index (χ0) is 18.3. The fourth-order valence-electron chi connectivity index (χ4n) is 3.79. The van der Waals surface area contributed by atoms with E-state index in [-0.39, 0.29) is 41.4 Å². The first-order valence-corrected chi connectivity index (χ1v) is 9.66. The van der Waals surface area contributed by atoms with Crippen molar-refractivity contribution >= 4 is 35.8 Å². The average molecular weight is 481 g/mol. The molecule has 152 valence electrons. The third kappa shape index (κ3) is 7.19. The topological polar surface area (TPSA) is 103 Å². The van der Waals surface area contributed by atoms with Gasteiger partial charge in [0.2, 0.25) is 5.91 Å². The summed E-state index contributed by atoms with van der Waals surface area (Å²) in [4.78, 5) is 17.9. The van der Waals surface area contributed by atoms with Gasteiger partial charge in [0.15, 0.2) is 5.96 Å². The van der Waals surface area contributed by atoms with E-state index in [4.69, 9.17) is 10.7 Å². The summed E-state index contributed by atoms with van der Waals surface area (Å²) in [5.41, 5.74) is 5.15. The van der Waals surface area contributed by atoms with Crippen LogP contribution in [0.2, 0.25) is 0 Å². The standard InChI is InChI=1S/C18H35N5O2.HI/c1-3-20-17(21-13-18(2)9-5-4-6-15(18)24)22-14-7-10-23(11-8-14)12-16(19)25;/h14-15,24H,3-13H2,1-2H3,(H2,19,25)(H2,20,21,22);1H.